The maximum absolute atomic E-state index is 12.7. The summed E-state index contributed by atoms with van der Waals surface area (Å²) in [5.74, 6) is 0.103. The monoisotopic (exact) mass is 408 g/mol. The lowest BCUT2D eigenvalue weighted by molar-refractivity contribution is -0.120. The van der Waals surface area contributed by atoms with Gasteiger partial charge in [-0.1, -0.05) is 56.9 Å². The normalized spacial score (nSPS) is 11.1. The van der Waals surface area contributed by atoms with Crippen molar-refractivity contribution < 1.29 is 14.3 Å². The molecule has 0 saturated carbocycles. The minimum atomic E-state index is -0.377. The molecule has 0 unspecified atom stereocenters. The van der Waals surface area contributed by atoms with Crippen LogP contribution >= 0.6 is 0 Å². The van der Waals surface area contributed by atoms with Crippen molar-refractivity contribution in [2.75, 3.05) is 11.9 Å². The molecule has 30 heavy (non-hydrogen) atoms. The van der Waals surface area contributed by atoms with E-state index in [1.165, 1.54) is 32.6 Å². The van der Waals surface area contributed by atoms with Gasteiger partial charge in [-0.3, -0.25) is 9.59 Å². The molecule has 2 aromatic rings. The number of hydrogen-bond acceptors (Lipinski definition) is 3. The summed E-state index contributed by atoms with van der Waals surface area (Å²) in [5.41, 5.74) is 2.73. The minimum Gasteiger partial charge on any atom is -0.494 e. The Bertz CT molecular complexity index is 857. The first-order valence-electron chi connectivity index (χ1n) is 10.6. The molecule has 0 saturated heterocycles. The summed E-state index contributed by atoms with van der Waals surface area (Å²) in [6, 6.07) is 14.9. The molecule has 0 atom stereocenters. The van der Waals surface area contributed by atoms with Gasteiger partial charge in [0.25, 0.3) is 5.91 Å². The fourth-order valence-electron chi connectivity index (χ4n) is 2.98. The molecule has 5 heteroatoms. The van der Waals surface area contributed by atoms with E-state index in [-0.39, 0.29) is 17.5 Å². The van der Waals surface area contributed by atoms with Crippen molar-refractivity contribution in [3.05, 3.63) is 65.4 Å². The molecule has 2 aromatic carbocycles. The number of carbonyl (C=O) groups is 2. The highest BCUT2D eigenvalue weighted by atomic mass is 16.5. The van der Waals surface area contributed by atoms with Crippen molar-refractivity contribution in [2.45, 2.75) is 52.9 Å². The van der Waals surface area contributed by atoms with E-state index in [9.17, 15) is 9.59 Å². The molecule has 0 heterocycles. The van der Waals surface area contributed by atoms with E-state index in [4.69, 9.17) is 4.74 Å². The molecule has 0 aliphatic rings. The Morgan fingerprint density at radius 1 is 0.967 bits per heavy atom. The number of unbranched alkanes of at least 4 members (excludes halogenated alkanes) is 4. The molecular weight excluding hydrogens is 376 g/mol. The molecule has 0 aromatic heterocycles. The molecule has 2 rings (SSSR count). The summed E-state index contributed by atoms with van der Waals surface area (Å²) in [7, 11) is 0. The second kappa shape index (κ2) is 12.5. The molecule has 160 valence electrons. The Hall–Kier alpha value is -3.08. The standard InChI is InChI=1S/C25H32N2O3/c1-4-5-6-7-10-17-30-23-15-13-22(14-16-23)27-25(29)24(26-20(3)28)18-21-12-9-8-11-19(21)2/h8-9,11-16,18H,4-7,10,17H2,1-3H3,(H,26,28)(H,27,29)/b24-18-. The van der Waals surface area contributed by atoms with Crippen LogP contribution in [0.5, 0.6) is 5.75 Å². The van der Waals surface area contributed by atoms with Crippen molar-refractivity contribution in [1.82, 2.24) is 5.32 Å². The molecule has 5 nitrogen and oxygen atoms in total. The van der Waals surface area contributed by atoms with Crippen LogP contribution < -0.4 is 15.4 Å². The van der Waals surface area contributed by atoms with Crippen LogP contribution in [0.4, 0.5) is 5.69 Å². The molecule has 2 N–H and O–H groups in total. The second-order valence-corrected chi connectivity index (χ2v) is 7.34. The van der Waals surface area contributed by atoms with Crippen LogP contribution in [0.3, 0.4) is 0 Å². The lowest BCUT2D eigenvalue weighted by Crippen LogP contribution is -2.29. The van der Waals surface area contributed by atoms with E-state index in [0.29, 0.717) is 12.3 Å². The fourth-order valence-corrected chi connectivity index (χ4v) is 2.98. The number of hydrogen-bond donors (Lipinski definition) is 2. The van der Waals surface area contributed by atoms with Gasteiger partial charge < -0.3 is 15.4 Å². The number of anilines is 1. The van der Waals surface area contributed by atoms with Gasteiger partial charge in [-0.05, 0) is 54.8 Å². The molecular formula is C25H32N2O3. The van der Waals surface area contributed by atoms with Crippen LogP contribution in [0, 0.1) is 6.92 Å². The van der Waals surface area contributed by atoms with Gasteiger partial charge >= 0.3 is 0 Å². The molecule has 0 aliphatic heterocycles. The van der Waals surface area contributed by atoms with Gasteiger partial charge in [0.05, 0.1) is 6.61 Å². The number of rotatable bonds is 11. The van der Waals surface area contributed by atoms with Crippen LogP contribution in [0.15, 0.2) is 54.2 Å². The average molecular weight is 409 g/mol. The van der Waals surface area contributed by atoms with Crippen LogP contribution in [0.25, 0.3) is 6.08 Å². The van der Waals surface area contributed by atoms with Crippen LogP contribution in [-0.2, 0) is 9.59 Å². The molecule has 0 spiro atoms. The summed E-state index contributed by atoms with van der Waals surface area (Å²) < 4.78 is 5.76. The smallest absolute Gasteiger partial charge is 0.272 e. The van der Waals surface area contributed by atoms with Crippen molar-refractivity contribution in [3.8, 4) is 5.75 Å². The van der Waals surface area contributed by atoms with Crippen molar-refractivity contribution in [1.29, 1.82) is 0 Å². The number of carbonyl (C=O) groups excluding carboxylic acids is 2. The predicted molar refractivity (Wildman–Crippen MR) is 122 cm³/mol. The predicted octanol–water partition coefficient (Wildman–Crippen LogP) is 5.46. The summed E-state index contributed by atoms with van der Waals surface area (Å²) in [5, 5.41) is 5.45. The van der Waals surface area contributed by atoms with Crippen molar-refractivity contribution >= 4 is 23.6 Å². The maximum Gasteiger partial charge on any atom is 0.272 e. The van der Waals surface area contributed by atoms with E-state index in [1.54, 1.807) is 18.2 Å². The van der Waals surface area contributed by atoms with Gasteiger partial charge in [0, 0.05) is 12.6 Å². The van der Waals surface area contributed by atoms with Crippen molar-refractivity contribution in [2.24, 2.45) is 0 Å². The average Bonchev–Trinajstić information content (AvgIpc) is 2.72. The topological polar surface area (TPSA) is 67.4 Å². The first-order chi connectivity index (χ1) is 14.5. The Kier molecular flexibility index (Phi) is 9.65. The minimum absolute atomic E-state index is 0.198. The lowest BCUT2D eigenvalue weighted by Gasteiger charge is -2.11. The number of amides is 2. The molecule has 0 bridgehead atoms. The summed E-state index contributed by atoms with van der Waals surface area (Å²) in [6.07, 6.45) is 7.66. The van der Waals surface area contributed by atoms with Gasteiger partial charge in [-0.15, -0.1) is 0 Å². The van der Waals surface area contributed by atoms with E-state index in [1.807, 2.05) is 43.3 Å². The van der Waals surface area contributed by atoms with E-state index in [0.717, 1.165) is 23.3 Å². The first-order valence-corrected chi connectivity index (χ1v) is 10.6. The highest BCUT2D eigenvalue weighted by Gasteiger charge is 2.12. The van der Waals surface area contributed by atoms with Crippen LogP contribution in [-0.4, -0.2) is 18.4 Å². The first kappa shape index (κ1) is 23.2. The quantitative estimate of drug-likeness (QED) is 0.383. The Morgan fingerprint density at radius 2 is 1.67 bits per heavy atom. The highest BCUT2D eigenvalue weighted by molar-refractivity contribution is 6.08. The summed E-state index contributed by atoms with van der Waals surface area (Å²) in [4.78, 5) is 24.3. The molecule has 0 radical (unpaired) electrons. The number of benzene rings is 2. The third-order valence-corrected chi connectivity index (χ3v) is 4.67. The van der Waals surface area contributed by atoms with Gasteiger partial charge in [0.15, 0.2) is 0 Å². The fraction of sp³-hybridized carbons (Fsp3) is 0.360. The zero-order valence-corrected chi connectivity index (χ0v) is 18.2. The van der Waals surface area contributed by atoms with Gasteiger partial charge in [0.1, 0.15) is 11.4 Å². The molecule has 0 fully saturated rings. The Labute approximate surface area is 179 Å². The van der Waals surface area contributed by atoms with Gasteiger partial charge in [0.2, 0.25) is 5.91 Å². The second-order valence-electron chi connectivity index (χ2n) is 7.34. The Morgan fingerprint density at radius 3 is 2.33 bits per heavy atom. The number of nitrogens with one attached hydrogen (secondary N) is 2. The van der Waals surface area contributed by atoms with Crippen LogP contribution in [0.1, 0.15) is 57.1 Å². The third-order valence-electron chi connectivity index (χ3n) is 4.67. The van der Waals surface area contributed by atoms with E-state index in [2.05, 4.69) is 17.6 Å². The number of ether oxygens (including phenoxy) is 1. The summed E-state index contributed by atoms with van der Waals surface area (Å²) >= 11 is 0. The maximum atomic E-state index is 12.7. The summed E-state index contributed by atoms with van der Waals surface area (Å²) in [6.45, 7) is 6.24. The van der Waals surface area contributed by atoms with Crippen molar-refractivity contribution in [3.63, 3.8) is 0 Å². The molecule has 2 amide bonds. The van der Waals surface area contributed by atoms with Crippen LogP contribution in [0.2, 0.25) is 0 Å². The van der Waals surface area contributed by atoms with Gasteiger partial charge in [-0.25, -0.2) is 0 Å². The largest absolute Gasteiger partial charge is 0.494 e. The zero-order valence-electron chi connectivity index (χ0n) is 18.2. The lowest BCUT2D eigenvalue weighted by atomic mass is 10.1. The number of aryl methyl sites for hydroxylation is 1. The molecule has 0 aliphatic carbocycles. The van der Waals surface area contributed by atoms with E-state index >= 15 is 0 Å². The SMILES string of the molecule is CCCCCCCOc1ccc(NC(=O)/C(=C/c2ccccc2C)NC(C)=O)cc1. The highest BCUT2D eigenvalue weighted by Crippen LogP contribution is 2.18. The Balaban J connectivity index is 1.96. The van der Waals surface area contributed by atoms with Gasteiger partial charge in [-0.2, -0.15) is 0 Å². The zero-order chi connectivity index (χ0) is 21.8. The third kappa shape index (κ3) is 8.11. The van der Waals surface area contributed by atoms with E-state index < -0.39 is 0 Å².